The third kappa shape index (κ3) is 5.15. The summed E-state index contributed by atoms with van der Waals surface area (Å²) in [5, 5.41) is 6.37. The summed E-state index contributed by atoms with van der Waals surface area (Å²) in [6.07, 6.45) is 3.42. The van der Waals surface area contributed by atoms with Crippen LogP contribution in [0.4, 0.5) is 5.69 Å². The van der Waals surface area contributed by atoms with Crippen LogP contribution in [-0.2, 0) is 0 Å². The van der Waals surface area contributed by atoms with Gasteiger partial charge < -0.3 is 10.6 Å². The van der Waals surface area contributed by atoms with Crippen molar-refractivity contribution in [1.82, 2.24) is 5.32 Å². The maximum absolute atomic E-state index is 11.8. The Morgan fingerprint density at radius 2 is 2.05 bits per heavy atom. The standard InChI is InChI=1S/C15H22N2OS/c1-2-19-11-3-10-16-13-6-4-12(5-7-13)15(18)17-14-8-9-14/h4-7,14,16H,2-3,8-11H2,1H3,(H,17,18). The highest BCUT2D eigenvalue weighted by Crippen LogP contribution is 2.19. The van der Waals surface area contributed by atoms with Gasteiger partial charge in [-0.25, -0.2) is 0 Å². The van der Waals surface area contributed by atoms with Gasteiger partial charge in [-0.2, -0.15) is 11.8 Å². The van der Waals surface area contributed by atoms with Crippen molar-refractivity contribution in [3.05, 3.63) is 29.8 Å². The smallest absolute Gasteiger partial charge is 0.251 e. The third-order valence-electron chi connectivity index (χ3n) is 3.06. The first-order chi connectivity index (χ1) is 9.29. The van der Waals surface area contributed by atoms with Crippen LogP contribution in [0, 0.1) is 0 Å². The maximum Gasteiger partial charge on any atom is 0.251 e. The number of amides is 1. The molecule has 0 saturated heterocycles. The number of carbonyl (C=O) groups is 1. The molecule has 1 aliphatic rings. The van der Waals surface area contributed by atoms with Crippen molar-refractivity contribution in [2.24, 2.45) is 0 Å². The number of carbonyl (C=O) groups excluding carboxylic acids is 1. The molecule has 1 aliphatic carbocycles. The first kappa shape index (κ1) is 14.3. The SMILES string of the molecule is CCSCCCNc1ccc(C(=O)NC2CC2)cc1. The Morgan fingerprint density at radius 3 is 2.68 bits per heavy atom. The van der Waals surface area contributed by atoms with Crippen molar-refractivity contribution in [2.75, 3.05) is 23.4 Å². The zero-order valence-electron chi connectivity index (χ0n) is 11.4. The first-order valence-corrected chi connectivity index (χ1v) is 8.17. The second-order valence-electron chi connectivity index (χ2n) is 4.80. The molecule has 1 saturated carbocycles. The van der Waals surface area contributed by atoms with Crippen molar-refractivity contribution in [3.8, 4) is 0 Å². The molecule has 3 nitrogen and oxygen atoms in total. The van der Waals surface area contributed by atoms with Gasteiger partial charge in [0.05, 0.1) is 0 Å². The second-order valence-corrected chi connectivity index (χ2v) is 6.20. The number of hydrogen-bond acceptors (Lipinski definition) is 3. The number of benzene rings is 1. The van der Waals surface area contributed by atoms with Crippen LogP contribution in [0.3, 0.4) is 0 Å². The molecule has 0 unspecified atom stereocenters. The van der Waals surface area contributed by atoms with Crippen LogP contribution in [0.15, 0.2) is 24.3 Å². The molecule has 2 N–H and O–H groups in total. The van der Waals surface area contributed by atoms with Gasteiger partial charge in [0.25, 0.3) is 5.91 Å². The summed E-state index contributed by atoms with van der Waals surface area (Å²) in [4.78, 5) is 11.8. The van der Waals surface area contributed by atoms with Crippen LogP contribution in [-0.4, -0.2) is 30.0 Å². The zero-order valence-corrected chi connectivity index (χ0v) is 12.3. The molecule has 0 aromatic heterocycles. The van der Waals surface area contributed by atoms with E-state index in [1.807, 2.05) is 36.0 Å². The lowest BCUT2D eigenvalue weighted by atomic mass is 10.2. The van der Waals surface area contributed by atoms with E-state index in [9.17, 15) is 4.79 Å². The van der Waals surface area contributed by atoms with Gasteiger partial charge in [0.1, 0.15) is 0 Å². The monoisotopic (exact) mass is 278 g/mol. The Bertz CT molecular complexity index is 401. The Morgan fingerprint density at radius 1 is 1.32 bits per heavy atom. The van der Waals surface area contributed by atoms with Crippen LogP contribution < -0.4 is 10.6 Å². The molecule has 0 atom stereocenters. The topological polar surface area (TPSA) is 41.1 Å². The number of thioether (sulfide) groups is 1. The van der Waals surface area contributed by atoms with E-state index in [1.54, 1.807) is 0 Å². The minimum atomic E-state index is 0.0494. The van der Waals surface area contributed by atoms with Crippen molar-refractivity contribution in [3.63, 3.8) is 0 Å². The maximum atomic E-state index is 11.8. The van der Waals surface area contributed by atoms with Crippen LogP contribution >= 0.6 is 11.8 Å². The molecular weight excluding hydrogens is 256 g/mol. The van der Waals surface area contributed by atoms with E-state index in [-0.39, 0.29) is 5.91 Å². The first-order valence-electron chi connectivity index (χ1n) is 7.02. The lowest BCUT2D eigenvalue weighted by Gasteiger charge is -2.07. The van der Waals surface area contributed by atoms with E-state index in [1.165, 1.54) is 17.9 Å². The van der Waals surface area contributed by atoms with Gasteiger partial charge in [0.2, 0.25) is 0 Å². The Hall–Kier alpha value is -1.16. The van der Waals surface area contributed by atoms with Crippen molar-refractivity contribution in [1.29, 1.82) is 0 Å². The molecular formula is C15H22N2OS. The van der Waals surface area contributed by atoms with Gasteiger partial charge in [0, 0.05) is 23.8 Å². The van der Waals surface area contributed by atoms with Gasteiger partial charge in [-0.1, -0.05) is 6.92 Å². The summed E-state index contributed by atoms with van der Waals surface area (Å²) >= 11 is 1.97. The normalized spacial score (nSPS) is 14.2. The van der Waals surface area contributed by atoms with E-state index in [0.717, 1.165) is 30.6 Å². The minimum absolute atomic E-state index is 0.0494. The number of rotatable bonds is 8. The molecule has 0 spiro atoms. The molecule has 19 heavy (non-hydrogen) atoms. The zero-order chi connectivity index (χ0) is 13.5. The van der Waals surface area contributed by atoms with Crippen molar-refractivity contribution < 1.29 is 4.79 Å². The molecule has 1 aromatic rings. The summed E-state index contributed by atoms with van der Waals surface area (Å²) in [6, 6.07) is 8.16. The fourth-order valence-corrected chi connectivity index (χ4v) is 2.42. The number of nitrogens with one attached hydrogen (secondary N) is 2. The quantitative estimate of drug-likeness (QED) is 0.718. The molecule has 1 amide bonds. The minimum Gasteiger partial charge on any atom is -0.385 e. The predicted octanol–water partition coefficient (Wildman–Crippen LogP) is 3.13. The number of hydrogen-bond donors (Lipinski definition) is 2. The van der Waals surface area contributed by atoms with E-state index in [2.05, 4.69) is 17.6 Å². The average molecular weight is 278 g/mol. The molecule has 0 radical (unpaired) electrons. The lowest BCUT2D eigenvalue weighted by Crippen LogP contribution is -2.25. The van der Waals surface area contributed by atoms with Crippen LogP contribution in [0.2, 0.25) is 0 Å². The van der Waals surface area contributed by atoms with E-state index < -0.39 is 0 Å². The fourth-order valence-electron chi connectivity index (χ4n) is 1.79. The third-order valence-corrected chi connectivity index (χ3v) is 4.04. The van der Waals surface area contributed by atoms with Gasteiger partial charge in [-0.05, 0) is 55.0 Å². The molecule has 1 aromatic carbocycles. The summed E-state index contributed by atoms with van der Waals surface area (Å²) in [7, 11) is 0. The molecule has 0 bridgehead atoms. The van der Waals surface area contributed by atoms with Crippen LogP contribution in [0.25, 0.3) is 0 Å². The molecule has 0 aliphatic heterocycles. The fraction of sp³-hybridized carbons (Fsp3) is 0.533. The second kappa shape index (κ2) is 7.43. The van der Waals surface area contributed by atoms with Gasteiger partial charge in [-0.3, -0.25) is 4.79 Å². The van der Waals surface area contributed by atoms with E-state index in [0.29, 0.717) is 6.04 Å². The van der Waals surface area contributed by atoms with Crippen LogP contribution in [0.5, 0.6) is 0 Å². The summed E-state index contributed by atoms with van der Waals surface area (Å²) < 4.78 is 0. The van der Waals surface area contributed by atoms with Crippen LogP contribution in [0.1, 0.15) is 36.5 Å². The largest absolute Gasteiger partial charge is 0.385 e. The van der Waals surface area contributed by atoms with E-state index in [4.69, 9.17) is 0 Å². The molecule has 104 valence electrons. The molecule has 4 heteroatoms. The Labute approximate surface area is 119 Å². The Balaban J connectivity index is 1.72. The van der Waals surface area contributed by atoms with E-state index >= 15 is 0 Å². The summed E-state index contributed by atoms with van der Waals surface area (Å²) in [5.74, 6) is 2.43. The predicted molar refractivity (Wildman–Crippen MR) is 83.0 cm³/mol. The highest BCUT2D eigenvalue weighted by atomic mass is 32.2. The summed E-state index contributed by atoms with van der Waals surface area (Å²) in [6.45, 7) is 3.17. The molecule has 1 fully saturated rings. The van der Waals surface area contributed by atoms with Crippen molar-refractivity contribution in [2.45, 2.75) is 32.2 Å². The van der Waals surface area contributed by atoms with Gasteiger partial charge >= 0.3 is 0 Å². The number of anilines is 1. The van der Waals surface area contributed by atoms with Gasteiger partial charge in [-0.15, -0.1) is 0 Å². The Kier molecular flexibility index (Phi) is 5.58. The molecule has 0 heterocycles. The van der Waals surface area contributed by atoms with Crippen molar-refractivity contribution >= 4 is 23.4 Å². The molecule has 2 rings (SSSR count). The van der Waals surface area contributed by atoms with Gasteiger partial charge in [0.15, 0.2) is 0 Å². The highest BCUT2D eigenvalue weighted by molar-refractivity contribution is 7.99. The summed E-state index contributed by atoms with van der Waals surface area (Å²) in [5.41, 5.74) is 1.84. The average Bonchev–Trinajstić information content (AvgIpc) is 3.23. The lowest BCUT2D eigenvalue weighted by molar-refractivity contribution is 0.0951. The highest BCUT2D eigenvalue weighted by Gasteiger charge is 2.23.